The van der Waals surface area contributed by atoms with Gasteiger partial charge in [0.2, 0.25) is 5.91 Å². The van der Waals surface area contributed by atoms with E-state index in [1.807, 2.05) is 0 Å². The van der Waals surface area contributed by atoms with E-state index in [2.05, 4.69) is 5.32 Å². The summed E-state index contributed by atoms with van der Waals surface area (Å²) in [6.45, 7) is 1.83. The van der Waals surface area contributed by atoms with Crippen LogP contribution >= 0.6 is 23.2 Å². The lowest BCUT2D eigenvalue weighted by molar-refractivity contribution is -0.121. The predicted octanol–water partition coefficient (Wildman–Crippen LogP) is 3.86. The van der Waals surface area contributed by atoms with Crippen LogP contribution in [0.2, 0.25) is 10.0 Å². The molecule has 1 atom stereocenters. The summed E-state index contributed by atoms with van der Waals surface area (Å²) in [6.07, 6.45) is 0.0149. The van der Waals surface area contributed by atoms with Crippen LogP contribution in [0.5, 0.6) is 0 Å². The van der Waals surface area contributed by atoms with Gasteiger partial charge < -0.3 is 5.32 Å². The fourth-order valence-corrected chi connectivity index (χ4v) is 3.47. The maximum absolute atomic E-state index is 12.3. The summed E-state index contributed by atoms with van der Waals surface area (Å²) in [4.78, 5) is 37.9. The van der Waals surface area contributed by atoms with Crippen molar-refractivity contribution in [1.29, 1.82) is 0 Å². The first-order chi connectivity index (χ1) is 12.4. The Morgan fingerprint density at radius 1 is 1.08 bits per heavy atom. The Hall–Kier alpha value is -2.37. The number of carbonyl (C=O) groups is 3. The first-order valence-electron chi connectivity index (χ1n) is 8.08. The number of nitrogens with zero attached hydrogens (tertiary/aromatic N) is 1. The zero-order valence-corrected chi connectivity index (χ0v) is 15.5. The molecule has 2 aromatic carbocycles. The van der Waals surface area contributed by atoms with Gasteiger partial charge in [0.15, 0.2) is 0 Å². The molecule has 3 rings (SSSR count). The van der Waals surface area contributed by atoms with Gasteiger partial charge in [-0.2, -0.15) is 0 Å². The molecule has 0 saturated heterocycles. The zero-order chi connectivity index (χ0) is 18.8. The Morgan fingerprint density at radius 3 is 2.27 bits per heavy atom. The lowest BCUT2D eigenvalue weighted by Gasteiger charge is -2.18. The minimum atomic E-state index is -0.368. The third-order valence-electron chi connectivity index (χ3n) is 4.25. The highest BCUT2D eigenvalue weighted by atomic mass is 35.5. The number of fused-ring (bicyclic) bond motifs is 1. The number of nitrogens with one attached hydrogen (secondary N) is 1. The molecule has 0 spiro atoms. The van der Waals surface area contributed by atoms with Crippen LogP contribution in [-0.2, 0) is 4.79 Å². The van der Waals surface area contributed by atoms with E-state index < -0.39 is 0 Å². The van der Waals surface area contributed by atoms with Crippen molar-refractivity contribution < 1.29 is 14.4 Å². The molecular formula is C19H16Cl2N2O3. The van der Waals surface area contributed by atoms with Crippen molar-refractivity contribution in [3.63, 3.8) is 0 Å². The molecule has 0 saturated carbocycles. The molecule has 1 heterocycles. The third-order valence-corrected chi connectivity index (χ3v) is 4.81. The fourth-order valence-electron chi connectivity index (χ4n) is 2.90. The lowest BCUT2D eigenvalue weighted by Crippen LogP contribution is -2.35. The van der Waals surface area contributed by atoms with E-state index in [-0.39, 0.29) is 36.7 Å². The molecule has 5 nitrogen and oxygen atoms in total. The molecule has 1 aliphatic heterocycles. The van der Waals surface area contributed by atoms with E-state index in [1.165, 1.54) is 0 Å². The summed E-state index contributed by atoms with van der Waals surface area (Å²) in [5.74, 6) is -1.01. The Bertz CT molecular complexity index is 863. The lowest BCUT2D eigenvalue weighted by atomic mass is 10.1. The molecular weight excluding hydrogens is 375 g/mol. The number of carbonyl (C=O) groups excluding carboxylic acids is 3. The zero-order valence-electron chi connectivity index (χ0n) is 14.0. The van der Waals surface area contributed by atoms with E-state index in [0.717, 1.165) is 10.5 Å². The van der Waals surface area contributed by atoms with Gasteiger partial charge >= 0.3 is 0 Å². The Balaban J connectivity index is 1.60. The second kappa shape index (κ2) is 7.48. The normalized spacial score (nSPS) is 14.3. The predicted molar refractivity (Wildman–Crippen MR) is 99.4 cm³/mol. The van der Waals surface area contributed by atoms with Crippen LogP contribution in [0.3, 0.4) is 0 Å². The molecule has 0 fully saturated rings. The summed E-state index contributed by atoms with van der Waals surface area (Å²) in [7, 11) is 0. The molecule has 7 heteroatoms. The summed E-state index contributed by atoms with van der Waals surface area (Å²) < 4.78 is 0. The standard InChI is InChI=1S/C19H16Cl2N2O3/c1-11(13-7-6-12(20)10-16(13)21)22-17(24)8-9-23-18(25)14-4-2-3-5-15(14)19(23)26/h2-7,10-11H,8-9H2,1H3,(H,22,24)/t11-/m1/s1. The summed E-state index contributed by atoms with van der Waals surface area (Å²) >= 11 is 12.0. The highest BCUT2D eigenvalue weighted by Crippen LogP contribution is 2.26. The van der Waals surface area contributed by atoms with Crippen LogP contribution in [0.15, 0.2) is 42.5 Å². The van der Waals surface area contributed by atoms with E-state index in [9.17, 15) is 14.4 Å². The van der Waals surface area contributed by atoms with Gasteiger partial charge in [-0.05, 0) is 36.8 Å². The minimum absolute atomic E-state index is 0.0149. The van der Waals surface area contributed by atoms with Gasteiger partial charge in [0, 0.05) is 23.0 Å². The maximum Gasteiger partial charge on any atom is 0.261 e. The number of benzene rings is 2. The Morgan fingerprint density at radius 2 is 1.69 bits per heavy atom. The smallest absolute Gasteiger partial charge is 0.261 e. The van der Waals surface area contributed by atoms with Gasteiger partial charge in [-0.1, -0.05) is 41.4 Å². The Kier molecular flexibility index (Phi) is 5.30. The topological polar surface area (TPSA) is 66.5 Å². The van der Waals surface area contributed by atoms with Crippen LogP contribution in [0, 0.1) is 0 Å². The first-order valence-corrected chi connectivity index (χ1v) is 8.83. The molecule has 0 bridgehead atoms. The maximum atomic E-state index is 12.3. The highest BCUT2D eigenvalue weighted by Gasteiger charge is 2.35. The molecule has 2 aromatic rings. The number of imide groups is 1. The molecule has 0 unspecified atom stereocenters. The summed E-state index contributed by atoms with van der Waals surface area (Å²) in [6, 6.07) is 11.4. The van der Waals surface area contributed by atoms with Crippen molar-refractivity contribution in [3.8, 4) is 0 Å². The molecule has 0 aliphatic carbocycles. The van der Waals surface area contributed by atoms with E-state index in [4.69, 9.17) is 23.2 Å². The SMILES string of the molecule is C[C@@H](NC(=O)CCN1C(=O)c2ccccc2C1=O)c1ccc(Cl)cc1Cl. The quantitative estimate of drug-likeness (QED) is 0.788. The van der Waals surface area contributed by atoms with Gasteiger partial charge in [-0.3, -0.25) is 19.3 Å². The fraction of sp³-hybridized carbons (Fsp3) is 0.211. The molecule has 134 valence electrons. The van der Waals surface area contributed by atoms with Crippen molar-refractivity contribution in [2.45, 2.75) is 19.4 Å². The van der Waals surface area contributed by atoms with Crippen molar-refractivity contribution >= 4 is 40.9 Å². The monoisotopic (exact) mass is 390 g/mol. The van der Waals surface area contributed by atoms with Crippen molar-refractivity contribution in [3.05, 3.63) is 69.2 Å². The van der Waals surface area contributed by atoms with Gasteiger partial charge in [0.25, 0.3) is 11.8 Å². The van der Waals surface area contributed by atoms with Gasteiger partial charge in [0.05, 0.1) is 17.2 Å². The summed E-state index contributed by atoms with van der Waals surface area (Å²) in [5.41, 5.74) is 1.49. The van der Waals surface area contributed by atoms with E-state index in [1.54, 1.807) is 49.4 Å². The van der Waals surface area contributed by atoms with Gasteiger partial charge in [-0.25, -0.2) is 0 Å². The highest BCUT2D eigenvalue weighted by molar-refractivity contribution is 6.35. The first kappa shape index (κ1) is 18.4. The van der Waals surface area contributed by atoms with Crippen LogP contribution in [0.1, 0.15) is 45.7 Å². The van der Waals surface area contributed by atoms with Crippen LogP contribution in [0.4, 0.5) is 0 Å². The van der Waals surface area contributed by atoms with E-state index in [0.29, 0.717) is 21.2 Å². The average molecular weight is 391 g/mol. The minimum Gasteiger partial charge on any atom is -0.349 e. The van der Waals surface area contributed by atoms with E-state index >= 15 is 0 Å². The number of amides is 3. The summed E-state index contributed by atoms with van der Waals surface area (Å²) in [5, 5.41) is 3.80. The molecule has 26 heavy (non-hydrogen) atoms. The number of hydrogen-bond donors (Lipinski definition) is 1. The van der Waals surface area contributed by atoms with Crippen molar-refractivity contribution in [2.75, 3.05) is 6.54 Å². The van der Waals surface area contributed by atoms with Gasteiger partial charge in [0.1, 0.15) is 0 Å². The van der Waals surface area contributed by atoms with Gasteiger partial charge in [-0.15, -0.1) is 0 Å². The largest absolute Gasteiger partial charge is 0.349 e. The Labute approximate surface area is 160 Å². The van der Waals surface area contributed by atoms with Crippen LogP contribution in [-0.4, -0.2) is 29.2 Å². The second-order valence-corrected chi connectivity index (χ2v) is 6.86. The van der Waals surface area contributed by atoms with Crippen molar-refractivity contribution in [2.24, 2.45) is 0 Å². The number of hydrogen-bond acceptors (Lipinski definition) is 3. The van der Waals surface area contributed by atoms with Crippen molar-refractivity contribution in [1.82, 2.24) is 10.2 Å². The molecule has 1 aliphatic rings. The van der Waals surface area contributed by atoms with Crippen LogP contribution in [0.25, 0.3) is 0 Å². The van der Waals surface area contributed by atoms with Crippen LogP contribution < -0.4 is 5.32 Å². The number of halogens is 2. The molecule has 0 aromatic heterocycles. The average Bonchev–Trinajstić information content (AvgIpc) is 2.84. The number of rotatable bonds is 5. The molecule has 3 amide bonds. The second-order valence-electron chi connectivity index (χ2n) is 6.01. The molecule has 0 radical (unpaired) electrons. The molecule has 1 N–H and O–H groups in total. The third kappa shape index (κ3) is 3.59.